The maximum Gasteiger partial charge on any atom is 0.171 e. The predicted octanol–water partition coefficient (Wildman–Crippen LogP) is -2.36. The Bertz CT molecular complexity index is 732. The third-order valence-corrected chi connectivity index (χ3v) is 5.88. The zero-order valence-corrected chi connectivity index (χ0v) is 28.8. The van der Waals surface area contributed by atoms with E-state index in [-0.39, 0.29) is 48.0 Å². The summed E-state index contributed by atoms with van der Waals surface area (Å²) in [5.41, 5.74) is 2.38. The van der Waals surface area contributed by atoms with Crippen molar-refractivity contribution in [3.8, 4) is 11.1 Å². The highest BCUT2D eigenvalue weighted by Gasteiger charge is 2.06. The van der Waals surface area contributed by atoms with Crippen molar-refractivity contribution in [2.24, 2.45) is 0 Å². The number of rotatable bonds is 25. The Kier molecular flexibility index (Phi) is 28.3. The van der Waals surface area contributed by atoms with Crippen molar-refractivity contribution >= 4 is 0 Å². The van der Waals surface area contributed by atoms with Crippen molar-refractivity contribution in [1.29, 1.82) is 0 Å². The number of pyridine rings is 2. The molecule has 0 aliphatic heterocycles. The van der Waals surface area contributed by atoms with Gasteiger partial charge in [-0.15, -0.1) is 0 Å². The standard InChI is InChI=1S/C30H50N2O6.2HI/c1-3-5-17-33-21-25-37-27-23-35-19-15-31-11-7-29(8-12-31)30-9-13-32(14-10-30)16-20-36-24-28-38-26-22-34-18-6-4-2;;/h7-14H,3-6,15-28H2,1-2H3;2*1H/q+2;;/p-2. The van der Waals surface area contributed by atoms with E-state index in [1.165, 1.54) is 11.1 Å². The molecule has 0 radical (unpaired) electrons. The van der Waals surface area contributed by atoms with Gasteiger partial charge < -0.3 is 76.4 Å². The van der Waals surface area contributed by atoms with Gasteiger partial charge in [0.15, 0.2) is 37.9 Å². The average molecular weight is 789 g/mol. The summed E-state index contributed by atoms with van der Waals surface area (Å²) in [6.07, 6.45) is 12.9. The maximum atomic E-state index is 5.68. The second-order valence-corrected chi connectivity index (χ2v) is 9.03. The van der Waals surface area contributed by atoms with Crippen LogP contribution in [0.1, 0.15) is 39.5 Å². The highest BCUT2D eigenvalue weighted by atomic mass is 127. The molecule has 0 fully saturated rings. The Morgan fingerprint density at radius 2 is 0.700 bits per heavy atom. The lowest BCUT2D eigenvalue weighted by Crippen LogP contribution is -3.00. The zero-order chi connectivity index (χ0) is 26.9. The number of hydrogen-bond acceptors (Lipinski definition) is 6. The third-order valence-electron chi connectivity index (χ3n) is 5.88. The van der Waals surface area contributed by atoms with Crippen LogP contribution in [0.25, 0.3) is 11.1 Å². The summed E-state index contributed by atoms with van der Waals surface area (Å²) in [5, 5.41) is 0. The molecule has 10 heteroatoms. The van der Waals surface area contributed by atoms with Crippen molar-refractivity contribution in [3.63, 3.8) is 0 Å². The first-order chi connectivity index (χ1) is 18.8. The van der Waals surface area contributed by atoms with E-state index >= 15 is 0 Å². The first-order valence-electron chi connectivity index (χ1n) is 14.3. The van der Waals surface area contributed by atoms with E-state index in [1.807, 2.05) is 0 Å². The first-order valence-corrected chi connectivity index (χ1v) is 14.3. The van der Waals surface area contributed by atoms with Crippen LogP contribution in [0.15, 0.2) is 49.1 Å². The maximum absolute atomic E-state index is 5.68. The second-order valence-electron chi connectivity index (χ2n) is 9.03. The number of nitrogens with zero attached hydrogens (tertiary/aromatic N) is 2. The molecule has 0 unspecified atom stereocenters. The monoisotopic (exact) mass is 788 g/mol. The van der Waals surface area contributed by atoms with Crippen LogP contribution in [0.3, 0.4) is 0 Å². The molecule has 0 N–H and O–H groups in total. The summed E-state index contributed by atoms with van der Waals surface area (Å²) in [6.45, 7) is 13.9. The molecule has 8 nitrogen and oxygen atoms in total. The highest BCUT2D eigenvalue weighted by Crippen LogP contribution is 2.15. The Labute approximate surface area is 276 Å². The predicted molar refractivity (Wildman–Crippen MR) is 147 cm³/mol. The van der Waals surface area contributed by atoms with Crippen molar-refractivity contribution < 1.29 is 85.5 Å². The summed E-state index contributed by atoms with van der Waals surface area (Å²) in [4.78, 5) is 0. The van der Waals surface area contributed by atoms with E-state index in [2.05, 4.69) is 72.0 Å². The van der Waals surface area contributed by atoms with Crippen LogP contribution < -0.4 is 57.1 Å². The van der Waals surface area contributed by atoms with Crippen LogP contribution in [0.4, 0.5) is 0 Å². The number of ether oxygens (including phenoxy) is 6. The molecule has 0 bridgehead atoms. The molecular weight excluding hydrogens is 738 g/mol. The summed E-state index contributed by atoms with van der Waals surface area (Å²) in [5.74, 6) is 0. The fraction of sp³-hybridized carbons (Fsp3) is 0.667. The molecule has 0 aliphatic rings. The highest BCUT2D eigenvalue weighted by molar-refractivity contribution is 5.60. The molecule has 0 spiro atoms. The van der Waals surface area contributed by atoms with Gasteiger partial charge in [-0.05, 0) is 24.0 Å². The van der Waals surface area contributed by atoms with Gasteiger partial charge in [-0.1, -0.05) is 26.7 Å². The Hall–Kier alpha value is -0.480. The second kappa shape index (κ2) is 28.6. The summed E-state index contributed by atoms with van der Waals surface area (Å²) in [7, 11) is 0. The van der Waals surface area contributed by atoms with Crippen LogP contribution in [0.5, 0.6) is 0 Å². The molecule has 0 saturated heterocycles. The van der Waals surface area contributed by atoms with Crippen LogP contribution in [0, 0.1) is 0 Å². The molecule has 0 atom stereocenters. The summed E-state index contributed by atoms with van der Waals surface area (Å²) in [6, 6.07) is 8.55. The molecule has 0 saturated carbocycles. The minimum Gasteiger partial charge on any atom is -1.00 e. The van der Waals surface area contributed by atoms with Gasteiger partial charge in [0.2, 0.25) is 0 Å². The van der Waals surface area contributed by atoms with Gasteiger partial charge in [-0.25, -0.2) is 9.13 Å². The van der Waals surface area contributed by atoms with Gasteiger partial charge in [-0.3, -0.25) is 0 Å². The Morgan fingerprint density at radius 3 is 1.00 bits per heavy atom. The van der Waals surface area contributed by atoms with E-state index in [0.717, 1.165) is 52.0 Å². The molecule has 0 aromatic carbocycles. The minimum atomic E-state index is 0. The normalized spacial score (nSPS) is 10.8. The Balaban J connectivity index is 0.00000760. The first kappa shape index (κ1) is 39.5. The Morgan fingerprint density at radius 1 is 0.425 bits per heavy atom. The number of halogens is 2. The molecule has 0 aliphatic carbocycles. The van der Waals surface area contributed by atoms with Gasteiger partial charge in [0.25, 0.3) is 0 Å². The van der Waals surface area contributed by atoms with E-state index in [0.29, 0.717) is 66.1 Å². The van der Waals surface area contributed by atoms with Gasteiger partial charge in [0.05, 0.1) is 52.9 Å². The fourth-order valence-corrected chi connectivity index (χ4v) is 3.51. The summed E-state index contributed by atoms with van der Waals surface area (Å²) < 4.78 is 37.6. The van der Waals surface area contributed by atoms with E-state index in [4.69, 9.17) is 28.4 Å². The molecular formula is C30H50I2N2O6. The van der Waals surface area contributed by atoms with Gasteiger partial charge in [0, 0.05) is 37.5 Å². The quantitative estimate of drug-likeness (QED) is 0.0639. The summed E-state index contributed by atoms with van der Waals surface area (Å²) >= 11 is 0. The molecule has 2 heterocycles. The van der Waals surface area contributed by atoms with Crippen molar-refractivity contribution in [1.82, 2.24) is 0 Å². The molecule has 2 aromatic rings. The number of aromatic nitrogens is 2. The van der Waals surface area contributed by atoms with Crippen LogP contribution >= 0.6 is 0 Å². The topological polar surface area (TPSA) is 63.1 Å². The van der Waals surface area contributed by atoms with Crippen molar-refractivity contribution in [2.45, 2.75) is 52.6 Å². The molecule has 230 valence electrons. The molecule has 2 rings (SSSR count). The lowest BCUT2D eigenvalue weighted by Gasteiger charge is -2.06. The largest absolute Gasteiger partial charge is 1.00 e. The number of unbranched alkanes of at least 4 members (excludes halogenated alkanes) is 2. The van der Waals surface area contributed by atoms with Crippen LogP contribution in [-0.4, -0.2) is 79.3 Å². The third kappa shape index (κ3) is 20.4. The van der Waals surface area contributed by atoms with Gasteiger partial charge in [0.1, 0.15) is 13.2 Å². The van der Waals surface area contributed by atoms with Crippen molar-refractivity contribution in [3.05, 3.63) is 49.1 Å². The smallest absolute Gasteiger partial charge is 0.171 e. The van der Waals surface area contributed by atoms with E-state index in [9.17, 15) is 0 Å². The van der Waals surface area contributed by atoms with E-state index < -0.39 is 0 Å². The lowest BCUT2D eigenvalue weighted by atomic mass is 10.1. The van der Waals surface area contributed by atoms with Gasteiger partial charge in [-0.2, -0.15) is 0 Å². The van der Waals surface area contributed by atoms with Crippen LogP contribution in [-0.2, 0) is 41.5 Å². The zero-order valence-electron chi connectivity index (χ0n) is 24.4. The molecule has 40 heavy (non-hydrogen) atoms. The number of hydrogen-bond donors (Lipinski definition) is 0. The van der Waals surface area contributed by atoms with Crippen LogP contribution in [0.2, 0.25) is 0 Å². The SMILES string of the molecule is CCCCOCCOCCOCC[n+]1ccc(-c2cc[n+](CCOCCOCCOCCCC)cc2)cc1.[I-].[I-]. The van der Waals surface area contributed by atoms with Crippen molar-refractivity contribution in [2.75, 3.05) is 79.3 Å². The average Bonchev–Trinajstić information content (AvgIpc) is 2.95. The van der Waals surface area contributed by atoms with E-state index in [1.54, 1.807) is 0 Å². The van der Waals surface area contributed by atoms with Gasteiger partial charge >= 0.3 is 0 Å². The molecule has 0 amide bonds. The molecule has 2 aromatic heterocycles. The lowest BCUT2D eigenvalue weighted by molar-refractivity contribution is -0.698. The minimum absolute atomic E-state index is 0. The fourth-order valence-electron chi connectivity index (χ4n) is 3.51.